The van der Waals surface area contributed by atoms with E-state index >= 15 is 0 Å². The minimum absolute atomic E-state index is 0.0628. The van der Waals surface area contributed by atoms with Crippen LogP contribution < -0.4 is 5.73 Å². The van der Waals surface area contributed by atoms with Gasteiger partial charge in [0, 0.05) is 24.7 Å². The summed E-state index contributed by atoms with van der Waals surface area (Å²) in [6, 6.07) is 20.8. The number of carbonyl (C=O) groups excluding carboxylic acids is 1. The number of nitrogens with zero attached hydrogens (tertiary/aromatic N) is 1. The van der Waals surface area contributed by atoms with Crippen molar-refractivity contribution in [1.82, 2.24) is 4.90 Å². The summed E-state index contributed by atoms with van der Waals surface area (Å²) >= 11 is 0. The lowest BCUT2D eigenvalue weighted by atomic mass is 9.97. The second kappa shape index (κ2) is 13.7. The SMILES string of the molecule is CC(N)C(C)C(=O)O.COC(=O)C(C)C(C)N(Cc1ccccc1)C(C)c1ccccc1. The monoisotopic (exact) mass is 442 g/mol. The molecular weight excluding hydrogens is 404 g/mol. The number of carboxylic acid groups (broad SMARTS) is 1. The van der Waals surface area contributed by atoms with E-state index in [9.17, 15) is 9.59 Å². The van der Waals surface area contributed by atoms with E-state index in [4.69, 9.17) is 15.6 Å². The van der Waals surface area contributed by atoms with Crippen LogP contribution >= 0.6 is 0 Å². The number of hydrogen-bond donors (Lipinski definition) is 2. The molecule has 0 saturated heterocycles. The molecule has 0 aliphatic carbocycles. The van der Waals surface area contributed by atoms with E-state index in [1.165, 1.54) is 18.2 Å². The topological polar surface area (TPSA) is 92.9 Å². The van der Waals surface area contributed by atoms with E-state index in [1.54, 1.807) is 13.8 Å². The maximum Gasteiger partial charge on any atom is 0.309 e. The van der Waals surface area contributed by atoms with Crippen LogP contribution in [-0.4, -0.2) is 41.1 Å². The Bertz CT molecular complexity index is 811. The fourth-order valence-corrected chi connectivity index (χ4v) is 3.25. The normalized spacial score (nSPS) is 15.5. The minimum atomic E-state index is -0.833. The zero-order valence-electron chi connectivity index (χ0n) is 20.1. The van der Waals surface area contributed by atoms with Crippen molar-refractivity contribution in [1.29, 1.82) is 0 Å². The quantitative estimate of drug-likeness (QED) is 0.556. The van der Waals surface area contributed by atoms with Gasteiger partial charge in [0.15, 0.2) is 0 Å². The van der Waals surface area contributed by atoms with Gasteiger partial charge in [-0.2, -0.15) is 0 Å². The number of ether oxygens (including phenoxy) is 1. The molecule has 0 heterocycles. The van der Waals surface area contributed by atoms with E-state index in [1.807, 2.05) is 19.1 Å². The van der Waals surface area contributed by atoms with Crippen molar-refractivity contribution in [2.45, 2.75) is 59.3 Å². The minimum Gasteiger partial charge on any atom is -0.481 e. The van der Waals surface area contributed by atoms with Crippen molar-refractivity contribution >= 4 is 11.9 Å². The third kappa shape index (κ3) is 8.44. The summed E-state index contributed by atoms with van der Waals surface area (Å²) in [5, 5.41) is 8.27. The lowest BCUT2D eigenvalue weighted by molar-refractivity contribution is -0.147. The molecule has 0 bridgehead atoms. The first-order valence-electron chi connectivity index (χ1n) is 11.0. The molecule has 5 unspecified atom stereocenters. The number of aliphatic carboxylic acids is 1. The molecule has 32 heavy (non-hydrogen) atoms. The Kier molecular flexibility index (Phi) is 11.7. The van der Waals surface area contributed by atoms with Crippen LogP contribution in [0.25, 0.3) is 0 Å². The summed E-state index contributed by atoms with van der Waals surface area (Å²) in [6.45, 7) is 10.3. The van der Waals surface area contributed by atoms with Crippen LogP contribution in [0.4, 0.5) is 0 Å². The van der Waals surface area contributed by atoms with Crippen molar-refractivity contribution in [2.75, 3.05) is 7.11 Å². The van der Waals surface area contributed by atoms with Crippen molar-refractivity contribution in [2.24, 2.45) is 17.6 Å². The molecule has 0 spiro atoms. The third-order valence-corrected chi connectivity index (χ3v) is 5.99. The highest BCUT2D eigenvalue weighted by Crippen LogP contribution is 2.28. The maximum atomic E-state index is 12.0. The molecule has 6 nitrogen and oxygen atoms in total. The predicted octanol–water partition coefficient (Wildman–Crippen LogP) is 4.50. The molecule has 3 N–H and O–H groups in total. The smallest absolute Gasteiger partial charge is 0.309 e. The van der Waals surface area contributed by atoms with Gasteiger partial charge < -0.3 is 15.6 Å². The summed E-state index contributed by atoms with van der Waals surface area (Å²) < 4.78 is 4.95. The fourth-order valence-electron chi connectivity index (χ4n) is 3.25. The second-order valence-electron chi connectivity index (χ2n) is 8.28. The summed E-state index contributed by atoms with van der Waals surface area (Å²) in [5.41, 5.74) is 7.74. The van der Waals surface area contributed by atoms with Crippen LogP contribution in [0.1, 0.15) is 51.8 Å². The third-order valence-electron chi connectivity index (χ3n) is 5.99. The van der Waals surface area contributed by atoms with Gasteiger partial charge in [0.2, 0.25) is 0 Å². The number of carbonyl (C=O) groups is 2. The Morgan fingerprint density at radius 2 is 1.41 bits per heavy atom. The number of rotatable bonds is 9. The first-order valence-corrected chi connectivity index (χ1v) is 11.0. The molecule has 0 aliphatic rings. The first kappa shape index (κ1) is 27.3. The number of esters is 1. The van der Waals surface area contributed by atoms with E-state index in [-0.39, 0.29) is 30.0 Å². The Morgan fingerprint density at radius 1 is 0.906 bits per heavy atom. The largest absolute Gasteiger partial charge is 0.481 e. The van der Waals surface area contributed by atoms with Gasteiger partial charge in [0.25, 0.3) is 0 Å². The van der Waals surface area contributed by atoms with Crippen LogP contribution in [0.5, 0.6) is 0 Å². The van der Waals surface area contributed by atoms with Crippen molar-refractivity contribution in [3.63, 3.8) is 0 Å². The van der Waals surface area contributed by atoms with Crippen molar-refractivity contribution in [3.8, 4) is 0 Å². The van der Waals surface area contributed by atoms with Gasteiger partial charge in [-0.3, -0.25) is 14.5 Å². The molecular formula is C26H38N2O4. The molecule has 0 fully saturated rings. The van der Waals surface area contributed by atoms with Gasteiger partial charge in [0.1, 0.15) is 0 Å². The molecule has 0 amide bonds. The fraction of sp³-hybridized carbons (Fsp3) is 0.462. The van der Waals surface area contributed by atoms with Crippen LogP contribution in [0, 0.1) is 11.8 Å². The second-order valence-corrected chi connectivity index (χ2v) is 8.28. The van der Waals surface area contributed by atoms with Gasteiger partial charge in [-0.15, -0.1) is 0 Å². The summed E-state index contributed by atoms with van der Waals surface area (Å²) in [5.74, 6) is -1.62. The molecule has 0 aromatic heterocycles. The highest BCUT2D eigenvalue weighted by molar-refractivity contribution is 5.72. The summed E-state index contributed by atoms with van der Waals surface area (Å²) in [4.78, 5) is 24.4. The number of carboxylic acids is 1. The van der Waals surface area contributed by atoms with Gasteiger partial charge in [-0.1, -0.05) is 74.5 Å². The highest BCUT2D eigenvalue weighted by atomic mass is 16.5. The molecule has 5 atom stereocenters. The molecule has 2 aromatic carbocycles. The highest BCUT2D eigenvalue weighted by Gasteiger charge is 2.30. The van der Waals surface area contributed by atoms with Gasteiger partial charge in [-0.25, -0.2) is 0 Å². The van der Waals surface area contributed by atoms with E-state index in [0.717, 1.165) is 6.54 Å². The lowest BCUT2D eigenvalue weighted by Gasteiger charge is -2.37. The summed E-state index contributed by atoms with van der Waals surface area (Å²) in [6.07, 6.45) is 0. The van der Waals surface area contributed by atoms with E-state index in [0.29, 0.717) is 0 Å². The number of hydrogen-bond acceptors (Lipinski definition) is 5. The van der Waals surface area contributed by atoms with Crippen LogP contribution in [-0.2, 0) is 20.9 Å². The Balaban J connectivity index is 0.000000547. The van der Waals surface area contributed by atoms with Crippen LogP contribution in [0.15, 0.2) is 60.7 Å². The average molecular weight is 443 g/mol. The number of benzene rings is 2. The summed E-state index contributed by atoms with van der Waals surface area (Å²) in [7, 11) is 1.45. The van der Waals surface area contributed by atoms with Gasteiger partial charge in [0.05, 0.1) is 18.9 Å². The molecule has 0 saturated carbocycles. The Hall–Kier alpha value is -2.70. The molecule has 2 aromatic rings. The Labute approximate surface area is 192 Å². The van der Waals surface area contributed by atoms with E-state index < -0.39 is 11.9 Å². The molecule has 6 heteroatoms. The zero-order chi connectivity index (χ0) is 24.3. The lowest BCUT2D eigenvalue weighted by Crippen LogP contribution is -2.42. The van der Waals surface area contributed by atoms with Gasteiger partial charge in [-0.05, 0) is 31.9 Å². The zero-order valence-corrected chi connectivity index (χ0v) is 20.1. The van der Waals surface area contributed by atoms with Crippen LogP contribution in [0.3, 0.4) is 0 Å². The number of methoxy groups -OCH3 is 1. The van der Waals surface area contributed by atoms with Crippen molar-refractivity contribution in [3.05, 3.63) is 71.8 Å². The van der Waals surface area contributed by atoms with Crippen LogP contribution in [0.2, 0.25) is 0 Å². The van der Waals surface area contributed by atoms with Crippen molar-refractivity contribution < 1.29 is 19.4 Å². The molecule has 0 aliphatic heterocycles. The Morgan fingerprint density at radius 3 is 1.81 bits per heavy atom. The van der Waals surface area contributed by atoms with E-state index in [2.05, 4.69) is 67.3 Å². The number of nitrogens with two attached hydrogens (primary N) is 1. The standard InChI is InChI=1S/C21H27NO2.C5H11NO2/c1-16(21(23)24-4)17(2)22(15-19-11-7-5-8-12-19)18(3)20-13-9-6-10-14-20;1-3(4(2)6)5(7)8/h5-14,16-18H,15H2,1-4H3;3-4H,6H2,1-2H3,(H,7,8). The predicted molar refractivity (Wildman–Crippen MR) is 128 cm³/mol. The molecule has 2 rings (SSSR count). The average Bonchev–Trinajstić information content (AvgIpc) is 2.81. The molecule has 0 radical (unpaired) electrons. The van der Waals surface area contributed by atoms with Gasteiger partial charge >= 0.3 is 11.9 Å². The maximum absolute atomic E-state index is 12.0. The first-order chi connectivity index (χ1) is 15.1. The molecule has 176 valence electrons.